The molecule has 1 aromatic rings. The van der Waals surface area contributed by atoms with Crippen LogP contribution in [0.4, 0.5) is 0 Å². The Bertz CT molecular complexity index is 731. The van der Waals surface area contributed by atoms with Crippen molar-refractivity contribution in [3.63, 3.8) is 0 Å². The van der Waals surface area contributed by atoms with E-state index in [1.54, 1.807) is 0 Å². The number of aliphatic imine (C=N–C) groups is 1. The SMILES string of the molecule is CCNC(=NCc1ccccc1COCC)N1CCN(C(C)C(=O)N2CCCC2)CC1.I. The third kappa shape index (κ3) is 7.31. The number of ether oxygens (including phenoxy) is 1. The van der Waals surface area contributed by atoms with Crippen molar-refractivity contribution in [2.75, 3.05) is 52.4 Å². The first kappa shape index (κ1) is 26.9. The van der Waals surface area contributed by atoms with Crippen molar-refractivity contribution < 1.29 is 9.53 Å². The van der Waals surface area contributed by atoms with E-state index in [4.69, 9.17) is 9.73 Å². The maximum Gasteiger partial charge on any atom is 0.239 e. The van der Waals surface area contributed by atoms with E-state index >= 15 is 0 Å². The summed E-state index contributed by atoms with van der Waals surface area (Å²) in [5.41, 5.74) is 2.40. The zero-order chi connectivity index (χ0) is 22.1. The Balaban J connectivity index is 0.00000363. The van der Waals surface area contributed by atoms with Crippen LogP contribution < -0.4 is 5.32 Å². The lowest BCUT2D eigenvalue weighted by molar-refractivity contribution is -0.135. The Labute approximate surface area is 210 Å². The standard InChI is InChI=1S/C24H39N5O2.HI/c1-4-25-24(26-18-21-10-6-7-11-22(21)19-31-5-2)29-16-14-27(15-17-29)20(3)23(30)28-12-8-9-13-28;/h6-7,10-11,20H,4-5,8-9,12-19H2,1-3H3,(H,25,26);1H. The Morgan fingerprint density at radius 2 is 1.69 bits per heavy atom. The third-order valence-corrected chi connectivity index (χ3v) is 6.25. The Hall–Kier alpha value is -1.39. The number of rotatable bonds is 8. The predicted molar refractivity (Wildman–Crippen MR) is 140 cm³/mol. The van der Waals surface area contributed by atoms with Crippen LogP contribution in [0.5, 0.6) is 0 Å². The quantitative estimate of drug-likeness (QED) is 0.303. The minimum Gasteiger partial charge on any atom is -0.377 e. The number of hydrogen-bond acceptors (Lipinski definition) is 4. The van der Waals surface area contributed by atoms with E-state index in [-0.39, 0.29) is 35.9 Å². The number of likely N-dealkylation sites (tertiary alicyclic amines) is 1. The van der Waals surface area contributed by atoms with Gasteiger partial charge in [-0.1, -0.05) is 24.3 Å². The highest BCUT2D eigenvalue weighted by molar-refractivity contribution is 14.0. The fourth-order valence-corrected chi connectivity index (χ4v) is 4.33. The molecule has 0 bridgehead atoms. The van der Waals surface area contributed by atoms with Gasteiger partial charge in [-0.15, -0.1) is 24.0 Å². The molecule has 1 amide bonds. The van der Waals surface area contributed by atoms with Gasteiger partial charge in [-0.05, 0) is 44.7 Å². The number of carbonyl (C=O) groups is 1. The number of guanidine groups is 1. The molecular weight excluding hydrogens is 517 g/mol. The van der Waals surface area contributed by atoms with E-state index in [9.17, 15) is 4.79 Å². The lowest BCUT2D eigenvalue weighted by atomic mass is 10.1. The van der Waals surface area contributed by atoms with Crippen molar-refractivity contribution >= 4 is 35.8 Å². The van der Waals surface area contributed by atoms with Crippen molar-refractivity contribution in [3.05, 3.63) is 35.4 Å². The van der Waals surface area contributed by atoms with E-state index in [2.05, 4.69) is 53.2 Å². The molecule has 0 aliphatic carbocycles. The first-order valence-electron chi connectivity index (χ1n) is 11.8. The molecule has 3 rings (SSSR count). The molecule has 8 heteroatoms. The van der Waals surface area contributed by atoms with Gasteiger partial charge in [0.05, 0.1) is 19.2 Å². The first-order chi connectivity index (χ1) is 15.1. The van der Waals surface area contributed by atoms with E-state index in [0.29, 0.717) is 19.8 Å². The average molecular weight is 558 g/mol. The van der Waals surface area contributed by atoms with Crippen molar-refractivity contribution in [3.8, 4) is 0 Å². The molecule has 180 valence electrons. The highest BCUT2D eigenvalue weighted by Gasteiger charge is 2.30. The summed E-state index contributed by atoms with van der Waals surface area (Å²) in [4.78, 5) is 24.3. The zero-order valence-electron chi connectivity index (χ0n) is 19.9. The highest BCUT2D eigenvalue weighted by atomic mass is 127. The van der Waals surface area contributed by atoms with Crippen LogP contribution in [0, 0.1) is 0 Å². The fourth-order valence-electron chi connectivity index (χ4n) is 4.33. The third-order valence-electron chi connectivity index (χ3n) is 6.25. The van der Waals surface area contributed by atoms with Crippen LogP contribution in [0.15, 0.2) is 29.3 Å². The first-order valence-corrected chi connectivity index (χ1v) is 11.8. The summed E-state index contributed by atoms with van der Waals surface area (Å²) in [5.74, 6) is 1.24. The molecule has 7 nitrogen and oxygen atoms in total. The Kier molecular flexibility index (Phi) is 11.7. The molecule has 0 spiro atoms. The summed E-state index contributed by atoms with van der Waals surface area (Å²) in [6.07, 6.45) is 2.28. The van der Waals surface area contributed by atoms with Crippen molar-refractivity contribution in [2.45, 2.75) is 52.8 Å². The largest absolute Gasteiger partial charge is 0.377 e. The molecule has 2 saturated heterocycles. The van der Waals surface area contributed by atoms with Gasteiger partial charge >= 0.3 is 0 Å². The second-order valence-corrected chi connectivity index (χ2v) is 8.31. The fraction of sp³-hybridized carbons (Fsp3) is 0.667. The van der Waals surface area contributed by atoms with Gasteiger partial charge in [-0.25, -0.2) is 4.99 Å². The molecule has 2 aliphatic heterocycles. The zero-order valence-corrected chi connectivity index (χ0v) is 22.2. The summed E-state index contributed by atoms with van der Waals surface area (Å²) in [7, 11) is 0. The summed E-state index contributed by atoms with van der Waals surface area (Å²) >= 11 is 0. The number of halogens is 1. The van der Waals surface area contributed by atoms with Gasteiger partial charge in [-0.3, -0.25) is 9.69 Å². The van der Waals surface area contributed by atoms with Crippen molar-refractivity contribution in [2.24, 2.45) is 4.99 Å². The second-order valence-electron chi connectivity index (χ2n) is 8.31. The lowest BCUT2D eigenvalue weighted by Gasteiger charge is -2.39. The minimum absolute atomic E-state index is 0. The number of hydrogen-bond donors (Lipinski definition) is 1. The number of benzene rings is 1. The molecule has 1 atom stereocenters. The smallest absolute Gasteiger partial charge is 0.239 e. The molecule has 2 aliphatic rings. The highest BCUT2D eigenvalue weighted by Crippen LogP contribution is 2.15. The topological polar surface area (TPSA) is 60.4 Å². The van der Waals surface area contributed by atoms with Crippen LogP contribution in [0.2, 0.25) is 0 Å². The minimum atomic E-state index is -0.0368. The van der Waals surface area contributed by atoms with Gasteiger partial charge in [0.25, 0.3) is 0 Å². The molecule has 0 radical (unpaired) electrons. The number of nitrogens with one attached hydrogen (secondary N) is 1. The maximum atomic E-state index is 12.8. The van der Waals surface area contributed by atoms with Crippen molar-refractivity contribution in [1.82, 2.24) is 20.0 Å². The molecule has 0 saturated carbocycles. The van der Waals surface area contributed by atoms with Gasteiger partial charge in [-0.2, -0.15) is 0 Å². The summed E-state index contributed by atoms with van der Waals surface area (Å²) in [5, 5.41) is 3.45. The number of amides is 1. The Morgan fingerprint density at radius 3 is 2.31 bits per heavy atom. The van der Waals surface area contributed by atoms with Gasteiger partial charge in [0, 0.05) is 52.4 Å². The van der Waals surface area contributed by atoms with Crippen LogP contribution in [0.3, 0.4) is 0 Å². The second kappa shape index (κ2) is 14.0. The van der Waals surface area contributed by atoms with Gasteiger partial charge in [0.2, 0.25) is 5.91 Å². The van der Waals surface area contributed by atoms with Crippen LogP contribution in [0.25, 0.3) is 0 Å². The molecule has 2 fully saturated rings. The molecule has 32 heavy (non-hydrogen) atoms. The summed E-state index contributed by atoms with van der Waals surface area (Å²) in [6.45, 7) is 14.4. The summed E-state index contributed by atoms with van der Waals surface area (Å²) in [6, 6.07) is 8.32. The van der Waals surface area contributed by atoms with E-state index in [0.717, 1.165) is 64.6 Å². The van der Waals surface area contributed by atoms with E-state index in [1.165, 1.54) is 11.1 Å². The molecule has 1 aromatic carbocycles. The van der Waals surface area contributed by atoms with Crippen LogP contribution in [-0.4, -0.2) is 85.0 Å². The van der Waals surface area contributed by atoms with Crippen molar-refractivity contribution in [1.29, 1.82) is 0 Å². The Morgan fingerprint density at radius 1 is 1.03 bits per heavy atom. The predicted octanol–water partition coefficient (Wildman–Crippen LogP) is 2.94. The average Bonchev–Trinajstić information content (AvgIpc) is 3.35. The van der Waals surface area contributed by atoms with E-state index in [1.807, 2.05) is 11.8 Å². The molecule has 1 N–H and O–H groups in total. The van der Waals surface area contributed by atoms with Gasteiger partial charge in [0.1, 0.15) is 0 Å². The molecule has 1 unspecified atom stereocenters. The molecule has 2 heterocycles. The molecular formula is C24H40IN5O2. The van der Waals surface area contributed by atoms with Gasteiger partial charge in [0.15, 0.2) is 5.96 Å². The monoisotopic (exact) mass is 557 g/mol. The number of carbonyl (C=O) groups excluding carboxylic acids is 1. The van der Waals surface area contributed by atoms with Crippen LogP contribution in [-0.2, 0) is 22.7 Å². The molecule has 0 aromatic heterocycles. The van der Waals surface area contributed by atoms with Gasteiger partial charge < -0.3 is 19.9 Å². The number of piperazine rings is 1. The maximum absolute atomic E-state index is 12.8. The lowest BCUT2D eigenvalue weighted by Crippen LogP contribution is -2.57. The normalized spacial score (nSPS) is 18.4. The van der Waals surface area contributed by atoms with Crippen LogP contribution in [0.1, 0.15) is 44.7 Å². The summed E-state index contributed by atoms with van der Waals surface area (Å²) < 4.78 is 5.61. The number of nitrogens with zero attached hydrogens (tertiary/aromatic N) is 4. The van der Waals surface area contributed by atoms with E-state index < -0.39 is 0 Å². The van der Waals surface area contributed by atoms with Crippen LogP contribution >= 0.6 is 24.0 Å².